The molecule has 0 bridgehead atoms. The number of rotatable bonds is 8. The van der Waals surface area contributed by atoms with E-state index < -0.39 is 0 Å². The summed E-state index contributed by atoms with van der Waals surface area (Å²) in [5.74, 6) is 1.11. The second kappa shape index (κ2) is 17.2. The maximum absolute atomic E-state index is 10.7. The molecule has 0 aliphatic heterocycles. The lowest BCUT2D eigenvalue weighted by Gasteiger charge is -2.16. The van der Waals surface area contributed by atoms with E-state index in [0.29, 0.717) is 64.2 Å². The summed E-state index contributed by atoms with van der Waals surface area (Å²) >= 11 is 1.44. The Morgan fingerprint density at radius 1 is 1.11 bits per heavy atom. The van der Waals surface area contributed by atoms with Crippen LogP contribution in [0.5, 0.6) is 0 Å². The van der Waals surface area contributed by atoms with Crippen molar-refractivity contribution in [3.05, 3.63) is 65.5 Å². The lowest BCUT2D eigenvalue weighted by Crippen LogP contribution is -2.09. The first-order valence-electron chi connectivity index (χ1n) is 11.4. The fourth-order valence-electron chi connectivity index (χ4n) is 3.13. The van der Waals surface area contributed by atoms with Crippen LogP contribution in [-0.2, 0) is 15.3 Å². The van der Waals surface area contributed by atoms with Gasteiger partial charge in [-0.05, 0) is 42.2 Å². The number of halogens is 1. The minimum atomic E-state index is 0.302. The van der Waals surface area contributed by atoms with Crippen LogP contribution in [0.1, 0.15) is 43.4 Å². The van der Waals surface area contributed by atoms with E-state index >= 15 is 0 Å². The summed E-state index contributed by atoms with van der Waals surface area (Å²) in [6.07, 6.45) is 6.17. The smallest absolute Gasteiger partial charge is 0.211 e. The van der Waals surface area contributed by atoms with Gasteiger partial charge in [0.05, 0.1) is 12.7 Å². The van der Waals surface area contributed by atoms with Gasteiger partial charge in [-0.2, -0.15) is 10.5 Å². The zero-order chi connectivity index (χ0) is 27.6. The quantitative estimate of drug-likeness (QED) is 0.283. The van der Waals surface area contributed by atoms with Gasteiger partial charge in [0.1, 0.15) is 35.3 Å². The van der Waals surface area contributed by atoms with Gasteiger partial charge in [-0.3, -0.25) is 14.2 Å². The number of hydrogen-bond donors (Lipinski definition) is 2. The van der Waals surface area contributed by atoms with Crippen LogP contribution in [0, 0.1) is 22.7 Å². The first-order chi connectivity index (χ1) is 18.2. The number of carbonyl (C=O) groups is 2. The fraction of sp³-hybridized carbons (Fsp3) is 0.259. The fourth-order valence-corrected chi connectivity index (χ4v) is 4.05. The van der Waals surface area contributed by atoms with Crippen molar-refractivity contribution in [3.63, 3.8) is 0 Å². The Bertz CT molecular complexity index is 1210. The average molecular weight is 521 g/mol. The van der Waals surface area contributed by atoms with Crippen LogP contribution in [0.4, 0.5) is 15.9 Å². The Hall–Kier alpha value is -4.28. The van der Waals surface area contributed by atoms with Gasteiger partial charge in [0, 0.05) is 35.4 Å². The number of alkyl halides is 1. The molecule has 0 saturated heterocycles. The summed E-state index contributed by atoms with van der Waals surface area (Å²) in [6.45, 7) is 6.00. The zero-order valence-corrected chi connectivity index (χ0v) is 21.8. The number of nitriles is 2. The predicted octanol–water partition coefficient (Wildman–Crippen LogP) is 5.75. The van der Waals surface area contributed by atoms with Crippen molar-refractivity contribution in [3.8, 4) is 23.3 Å². The number of hydrogen-bond acceptors (Lipinski definition) is 8. The van der Waals surface area contributed by atoms with E-state index in [0.717, 1.165) is 18.4 Å². The monoisotopic (exact) mass is 520 g/mol. The molecule has 1 amide bonds. The molecule has 2 N–H and O–H groups in total. The Kier molecular flexibility index (Phi) is 14.3. The molecule has 37 heavy (non-hydrogen) atoms. The summed E-state index contributed by atoms with van der Waals surface area (Å²) < 4.78 is 9.50. The number of carbonyl (C=O) groups excluding carboxylic acids is 2. The Morgan fingerprint density at radius 2 is 1.76 bits per heavy atom. The molecular weight excluding hydrogens is 491 g/mol. The SMILES string of the molecule is C=O.CC.CF.N#Cc1c(NC2CC2)nc(SCc2cccnc2)c(C#N)c1-c1ccc(NC=O)cc1. The van der Waals surface area contributed by atoms with Gasteiger partial charge in [0.15, 0.2) is 0 Å². The molecule has 4 rings (SSSR count). The lowest BCUT2D eigenvalue weighted by atomic mass is 9.96. The molecule has 1 aliphatic rings. The standard InChI is InChI=1S/C23H18N6OS.C2H6.CH3F.CH2O/c24-10-19-21(16-3-5-17(6-4-16)27-14-30)20(11-25)23(29-22(19)28-18-7-8-18)31-13-15-2-1-9-26-12-15;3*1-2/h1-6,9,12,14,18H,7-8,13H2,(H,27,30)(H,28,29);1-2H3;1H3;1H2. The van der Waals surface area contributed by atoms with Gasteiger partial charge in [-0.25, -0.2) is 4.98 Å². The minimum Gasteiger partial charge on any atom is -0.366 e. The molecule has 1 saturated carbocycles. The Balaban J connectivity index is 0.00000106. The van der Waals surface area contributed by atoms with E-state index in [2.05, 4.69) is 32.7 Å². The molecule has 2 aromatic heterocycles. The number of thioether (sulfide) groups is 1. The molecule has 0 atom stereocenters. The molecule has 0 radical (unpaired) electrons. The molecule has 0 spiro atoms. The highest BCUT2D eigenvalue weighted by molar-refractivity contribution is 7.98. The van der Waals surface area contributed by atoms with Crippen molar-refractivity contribution in [1.82, 2.24) is 9.97 Å². The number of nitrogens with zero attached hydrogens (tertiary/aromatic N) is 4. The maximum Gasteiger partial charge on any atom is 0.211 e. The van der Waals surface area contributed by atoms with Crippen molar-refractivity contribution in [2.24, 2.45) is 0 Å². The number of nitrogens with one attached hydrogen (secondary N) is 2. The Morgan fingerprint density at radius 3 is 2.27 bits per heavy atom. The first-order valence-corrected chi connectivity index (χ1v) is 12.4. The largest absolute Gasteiger partial charge is 0.366 e. The topological polar surface area (TPSA) is 132 Å². The molecule has 1 aromatic carbocycles. The van der Waals surface area contributed by atoms with Crippen molar-refractivity contribution in [2.75, 3.05) is 17.8 Å². The summed E-state index contributed by atoms with van der Waals surface area (Å²) in [4.78, 5) is 27.5. The highest BCUT2D eigenvalue weighted by Crippen LogP contribution is 2.39. The van der Waals surface area contributed by atoms with E-state index in [-0.39, 0.29) is 0 Å². The van der Waals surface area contributed by atoms with Crippen molar-refractivity contribution < 1.29 is 14.0 Å². The summed E-state index contributed by atoms with van der Waals surface area (Å²) in [5, 5.41) is 26.4. The van der Waals surface area contributed by atoms with E-state index in [4.69, 9.17) is 4.79 Å². The second-order valence-electron chi connectivity index (χ2n) is 7.02. The van der Waals surface area contributed by atoms with Gasteiger partial charge in [0.2, 0.25) is 6.41 Å². The zero-order valence-electron chi connectivity index (χ0n) is 21.0. The van der Waals surface area contributed by atoms with Crippen LogP contribution < -0.4 is 10.6 Å². The number of anilines is 2. The third-order valence-corrected chi connectivity index (χ3v) is 5.85. The van der Waals surface area contributed by atoms with Gasteiger partial charge in [0.25, 0.3) is 0 Å². The Labute approximate surface area is 221 Å². The number of amides is 1. The van der Waals surface area contributed by atoms with Crippen LogP contribution in [-0.4, -0.2) is 36.4 Å². The molecule has 3 aromatic rings. The molecule has 10 heteroatoms. The van der Waals surface area contributed by atoms with E-state index in [1.165, 1.54) is 11.8 Å². The van der Waals surface area contributed by atoms with Crippen LogP contribution in [0.15, 0.2) is 53.8 Å². The first kappa shape index (κ1) is 30.8. The molecule has 2 heterocycles. The number of pyridine rings is 2. The van der Waals surface area contributed by atoms with Crippen LogP contribution in [0.2, 0.25) is 0 Å². The predicted molar refractivity (Wildman–Crippen MR) is 145 cm³/mol. The molecule has 1 aliphatic carbocycles. The highest BCUT2D eigenvalue weighted by atomic mass is 32.2. The lowest BCUT2D eigenvalue weighted by molar-refractivity contribution is -0.105. The van der Waals surface area contributed by atoms with Gasteiger partial charge >= 0.3 is 0 Å². The van der Waals surface area contributed by atoms with E-state index in [9.17, 15) is 19.7 Å². The van der Waals surface area contributed by atoms with E-state index in [1.54, 1.807) is 36.7 Å². The second-order valence-corrected chi connectivity index (χ2v) is 7.99. The third-order valence-electron chi connectivity index (χ3n) is 4.80. The average Bonchev–Trinajstić information content (AvgIpc) is 3.80. The van der Waals surface area contributed by atoms with Crippen LogP contribution >= 0.6 is 11.8 Å². The third kappa shape index (κ3) is 8.71. The highest BCUT2D eigenvalue weighted by Gasteiger charge is 2.27. The van der Waals surface area contributed by atoms with Crippen molar-refractivity contribution in [2.45, 2.75) is 43.5 Å². The minimum absolute atomic E-state index is 0.302. The number of aromatic nitrogens is 2. The van der Waals surface area contributed by atoms with E-state index in [1.807, 2.05) is 32.8 Å². The molecule has 0 unspecified atom stereocenters. The van der Waals surface area contributed by atoms with Crippen molar-refractivity contribution >= 4 is 36.5 Å². The van der Waals surface area contributed by atoms with Crippen molar-refractivity contribution in [1.29, 1.82) is 10.5 Å². The summed E-state index contributed by atoms with van der Waals surface area (Å²) in [7, 11) is 0.500. The summed E-state index contributed by atoms with van der Waals surface area (Å²) in [6, 6.07) is 15.7. The van der Waals surface area contributed by atoms with Gasteiger partial charge in [-0.15, -0.1) is 11.8 Å². The van der Waals surface area contributed by atoms with Crippen LogP contribution in [0.25, 0.3) is 11.1 Å². The molecular formula is C27H29FN6O2S. The maximum atomic E-state index is 10.7. The van der Waals surface area contributed by atoms with Crippen LogP contribution in [0.3, 0.4) is 0 Å². The normalized spacial score (nSPS) is 10.9. The van der Waals surface area contributed by atoms with Gasteiger partial charge in [-0.1, -0.05) is 32.0 Å². The number of benzene rings is 1. The molecule has 8 nitrogen and oxygen atoms in total. The van der Waals surface area contributed by atoms with Gasteiger partial charge < -0.3 is 15.4 Å². The molecule has 1 fully saturated rings. The summed E-state index contributed by atoms with van der Waals surface area (Å²) in [5.41, 5.74) is 3.63. The molecule has 192 valence electrons.